The molecule has 0 aliphatic heterocycles. The molecule has 5 nitrogen and oxygen atoms in total. The summed E-state index contributed by atoms with van der Waals surface area (Å²) in [4.78, 5) is 12.4. The summed E-state index contributed by atoms with van der Waals surface area (Å²) in [6.45, 7) is 1.91. The maximum atomic E-state index is 12.4. The number of nitrogens with one attached hydrogen (secondary N) is 1. The lowest BCUT2D eigenvalue weighted by Gasteiger charge is -2.09. The molecule has 0 aliphatic rings. The molecular weight excluding hydrogens is 366 g/mol. The second-order valence-electron chi connectivity index (χ2n) is 6.47. The molecule has 3 aromatic carbocycles. The van der Waals surface area contributed by atoms with Crippen molar-refractivity contribution in [1.82, 2.24) is 5.32 Å². The van der Waals surface area contributed by atoms with Gasteiger partial charge in [-0.3, -0.25) is 4.79 Å². The molecular formula is C24H25NO4. The first-order valence-electron chi connectivity index (χ1n) is 9.50. The first-order chi connectivity index (χ1) is 14.2. The molecule has 1 N–H and O–H groups in total. The average Bonchev–Trinajstić information content (AvgIpc) is 2.78. The van der Waals surface area contributed by atoms with Crippen LogP contribution in [0.4, 0.5) is 0 Å². The number of rotatable bonds is 10. The second-order valence-corrected chi connectivity index (χ2v) is 6.47. The van der Waals surface area contributed by atoms with Crippen LogP contribution in [0.25, 0.3) is 0 Å². The van der Waals surface area contributed by atoms with Gasteiger partial charge in [-0.25, -0.2) is 0 Å². The molecule has 0 saturated heterocycles. The molecule has 0 heterocycles. The molecule has 0 radical (unpaired) electrons. The van der Waals surface area contributed by atoms with E-state index in [2.05, 4.69) is 5.32 Å². The van der Waals surface area contributed by atoms with Crippen molar-refractivity contribution < 1.29 is 19.0 Å². The summed E-state index contributed by atoms with van der Waals surface area (Å²) in [5.74, 6) is 1.36. The van der Waals surface area contributed by atoms with Gasteiger partial charge in [0.1, 0.15) is 24.7 Å². The van der Waals surface area contributed by atoms with E-state index in [0.29, 0.717) is 37.7 Å². The third-order valence-electron chi connectivity index (χ3n) is 4.28. The summed E-state index contributed by atoms with van der Waals surface area (Å²) >= 11 is 0. The molecule has 0 aromatic heterocycles. The van der Waals surface area contributed by atoms with Gasteiger partial charge in [-0.15, -0.1) is 0 Å². The molecule has 0 atom stereocenters. The van der Waals surface area contributed by atoms with Crippen LogP contribution in [0.5, 0.6) is 11.5 Å². The molecule has 0 bridgehead atoms. The monoisotopic (exact) mass is 391 g/mol. The molecule has 0 spiro atoms. The molecule has 5 heteroatoms. The van der Waals surface area contributed by atoms with E-state index in [9.17, 15) is 4.79 Å². The van der Waals surface area contributed by atoms with Crippen molar-refractivity contribution in [2.45, 2.75) is 13.2 Å². The van der Waals surface area contributed by atoms with E-state index in [1.165, 1.54) is 0 Å². The highest BCUT2D eigenvalue weighted by Crippen LogP contribution is 2.14. The van der Waals surface area contributed by atoms with Gasteiger partial charge >= 0.3 is 0 Å². The van der Waals surface area contributed by atoms with Crippen molar-refractivity contribution in [3.8, 4) is 11.5 Å². The number of methoxy groups -OCH3 is 1. The van der Waals surface area contributed by atoms with Crippen LogP contribution >= 0.6 is 0 Å². The maximum absolute atomic E-state index is 12.4. The predicted octanol–water partition coefficient (Wildman–Crippen LogP) is 4.22. The summed E-state index contributed by atoms with van der Waals surface area (Å²) in [6, 6.07) is 24.8. The Morgan fingerprint density at radius 3 is 2.28 bits per heavy atom. The highest BCUT2D eigenvalue weighted by molar-refractivity contribution is 5.94. The van der Waals surface area contributed by atoms with Crippen LogP contribution in [0.1, 0.15) is 21.5 Å². The fourth-order valence-corrected chi connectivity index (χ4v) is 2.69. The topological polar surface area (TPSA) is 56.8 Å². The van der Waals surface area contributed by atoms with Gasteiger partial charge in [-0.2, -0.15) is 0 Å². The minimum absolute atomic E-state index is 0.140. The van der Waals surface area contributed by atoms with Gasteiger partial charge in [0, 0.05) is 19.2 Å². The number of hydrogen-bond donors (Lipinski definition) is 1. The molecule has 3 aromatic rings. The van der Waals surface area contributed by atoms with Gasteiger partial charge in [0.2, 0.25) is 0 Å². The summed E-state index contributed by atoms with van der Waals surface area (Å²) in [6.07, 6.45) is 0. The number of carbonyl (C=O) groups is 1. The largest absolute Gasteiger partial charge is 0.491 e. The third-order valence-corrected chi connectivity index (χ3v) is 4.28. The van der Waals surface area contributed by atoms with E-state index in [1.807, 2.05) is 60.7 Å². The number of amides is 1. The molecule has 29 heavy (non-hydrogen) atoms. The highest BCUT2D eigenvalue weighted by Gasteiger charge is 2.07. The number of para-hydroxylation sites is 1. The Labute approximate surface area is 171 Å². The number of benzene rings is 3. The minimum atomic E-state index is -0.140. The van der Waals surface area contributed by atoms with Crippen molar-refractivity contribution in [3.05, 3.63) is 95.6 Å². The van der Waals surface area contributed by atoms with Crippen molar-refractivity contribution in [2.75, 3.05) is 20.3 Å². The average molecular weight is 391 g/mol. The van der Waals surface area contributed by atoms with Crippen molar-refractivity contribution in [2.24, 2.45) is 0 Å². The predicted molar refractivity (Wildman–Crippen MR) is 112 cm³/mol. The minimum Gasteiger partial charge on any atom is -0.491 e. The molecule has 0 unspecified atom stereocenters. The Morgan fingerprint density at radius 2 is 1.52 bits per heavy atom. The van der Waals surface area contributed by atoms with Crippen molar-refractivity contribution in [1.29, 1.82) is 0 Å². The fraction of sp³-hybridized carbons (Fsp3) is 0.208. The first kappa shape index (κ1) is 20.4. The lowest BCUT2D eigenvalue weighted by Crippen LogP contribution is -2.22. The lowest BCUT2D eigenvalue weighted by atomic mass is 10.1. The highest BCUT2D eigenvalue weighted by atomic mass is 16.5. The van der Waals surface area contributed by atoms with Crippen LogP contribution in [0.3, 0.4) is 0 Å². The summed E-state index contributed by atoms with van der Waals surface area (Å²) in [5, 5.41) is 2.94. The lowest BCUT2D eigenvalue weighted by molar-refractivity contribution is 0.0950. The molecule has 0 fully saturated rings. The van der Waals surface area contributed by atoms with Crippen LogP contribution < -0.4 is 14.8 Å². The Kier molecular flexibility index (Phi) is 7.66. The molecule has 3 rings (SSSR count). The standard InChI is InChI=1S/C24H25NO4/c1-27-14-15-28-23-9-5-6-21(16-23)24(26)25-17-19-10-12-20(13-11-19)18-29-22-7-3-2-4-8-22/h2-13,16H,14-15,17-18H2,1H3,(H,25,26). The molecule has 1 amide bonds. The third kappa shape index (κ3) is 6.66. The van der Waals surface area contributed by atoms with Gasteiger partial charge in [0.15, 0.2) is 0 Å². The fourth-order valence-electron chi connectivity index (χ4n) is 2.69. The number of hydrogen-bond acceptors (Lipinski definition) is 4. The summed E-state index contributed by atoms with van der Waals surface area (Å²) in [5.41, 5.74) is 2.66. The van der Waals surface area contributed by atoms with E-state index >= 15 is 0 Å². The normalized spacial score (nSPS) is 10.4. The van der Waals surface area contributed by atoms with E-state index in [-0.39, 0.29) is 5.91 Å². The Hall–Kier alpha value is -3.31. The van der Waals surface area contributed by atoms with Crippen molar-refractivity contribution in [3.63, 3.8) is 0 Å². The maximum Gasteiger partial charge on any atom is 0.251 e. The molecule has 0 aliphatic carbocycles. The zero-order valence-corrected chi connectivity index (χ0v) is 16.5. The summed E-state index contributed by atoms with van der Waals surface area (Å²) in [7, 11) is 1.62. The van der Waals surface area contributed by atoms with Crippen LogP contribution in [0.15, 0.2) is 78.9 Å². The van der Waals surface area contributed by atoms with E-state index in [1.54, 1.807) is 25.3 Å². The van der Waals surface area contributed by atoms with Crippen LogP contribution in [0, 0.1) is 0 Å². The van der Waals surface area contributed by atoms with E-state index in [0.717, 1.165) is 16.9 Å². The quantitative estimate of drug-likeness (QED) is 0.526. The second kappa shape index (κ2) is 10.9. The first-order valence-corrected chi connectivity index (χ1v) is 9.50. The van der Waals surface area contributed by atoms with E-state index in [4.69, 9.17) is 14.2 Å². The summed E-state index contributed by atoms with van der Waals surface area (Å²) < 4.78 is 16.3. The van der Waals surface area contributed by atoms with E-state index < -0.39 is 0 Å². The van der Waals surface area contributed by atoms with Crippen LogP contribution in [-0.4, -0.2) is 26.2 Å². The van der Waals surface area contributed by atoms with Gasteiger partial charge in [0.05, 0.1) is 6.61 Å². The Balaban J connectivity index is 1.48. The Morgan fingerprint density at radius 1 is 0.793 bits per heavy atom. The van der Waals surface area contributed by atoms with Crippen LogP contribution in [0.2, 0.25) is 0 Å². The smallest absolute Gasteiger partial charge is 0.251 e. The van der Waals surface area contributed by atoms with Gasteiger partial charge < -0.3 is 19.5 Å². The van der Waals surface area contributed by atoms with Gasteiger partial charge in [0.25, 0.3) is 5.91 Å². The Bertz CT molecular complexity index is 894. The zero-order valence-electron chi connectivity index (χ0n) is 16.5. The molecule has 0 saturated carbocycles. The SMILES string of the molecule is COCCOc1cccc(C(=O)NCc2ccc(COc3ccccc3)cc2)c1. The van der Waals surface area contributed by atoms with Crippen molar-refractivity contribution >= 4 is 5.91 Å². The zero-order chi connectivity index (χ0) is 20.3. The number of carbonyl (C=O) groups excluding carboxylic acids is 1. The molecule has 150 valence electrons. The van der Waals surface area contributed by atoms with Gasteiger partial charge in [-0.05, 0) is 41.5 Å². The van der Waals surface area contributed by atoms with Gasteiger partial charge in [-0.1, -0.05) is 48.5 Å². The van der Waals surface area contributed by atoms with Crippen LogP contribution in [-0.2, 0) is 17.9 Å². The number of ether oxygens (including phenoxy) is 3.